The lowest BCUT2D eigenvalue weighted by Crippen LogP contribution is -2.40. The minimum atomic E-state index is -1.04. The van der Waals surface area contributed by atoms with Gasteiger partial charge < -0.3 is 19.7 Å². The Balaban J connectivity index is 1.86. The monoisotopic (exact) mass is 289 g/mol. The van der Waals surface area contributed by atoms with Crippen molar-refractivity contribution in [1.29, 1.82) is 0 Å². The first-order chi connectivity index (χ1) is 10.2. The molecule has 6 nitrogen and oxygen atoms in total. The van der Waals surface area contributed by atoms with Gasteiger partial charge in [-0.1, -0.05) is 35.5 Å². The Morgan fingerprint density at radius 1 is 1.29 bits per heavy atom. The smallest absolute Gasteiger partial charge is 0.258 e. The van der Waals surface area contributed by atoms with Crippen LogP contribution in [0.3, 0.4) is 0 Å². The van der Waals surface area contributed by atoms with Gasteiger partial charge in [-0.2, -0.15) is 4.98 Å². The standard InChI is InChI=1S/C15H19N3O3/c1-20-12(11-5-3-2-4-6-11)13-17-14(21-18-13)15(19)7-9-16-10-8-15/h2-6,12,16,19H,7-10H2,1H3. The zero-order chi connectivity index (χ0) is 14.7. The number of methoxy groups -OCH3 is 1. The van der Waals surface area contributed by atoms with Crippen LogP contribution in [-0.4, -0.2) is 35.4 Å². The second-order valence-corrected chi connectivity index (χ2v) is 5.27. The lowest BCUT2D eigenvalue weighted by atomic mass is 9.92. The van der Waals surface area contributed by atoms with E-state index in [0.717, 1.165) is 18.7 Å². The Morgan fingerprint density at radius 3 is 2.67 bits per heavy atom. The molecule has 1 fully saturated rings. The van der Waals surface area contributed by atoms with E-state index in [1.54, 1.807) is 7.11 Å². The zero-order valence-electron chi connectivity index (χ0n) is 12.0. The molecule has 1 aliphatic heterocycles. The van der Waals surface area contributed by atoms with Gasteiger partial charge in [-0.3, -0.25) is 0 Å². The number of rotatable bonds is 4. The summed E-state index contributed by atoms with van der Waals surface area (Å²) < 4.78 is 10.8. The van der Waals surface area contributed by atoms with Crippen LogP contribution in [0.1, 0.15) is 36.2 Å². The number of benzene rings is 1. The number of hydrogen-bond acceptors (Lipinski definition) is 6. The molecule has 3 rings (SSSR count). The summed E-state index contributed by atoms with van der Waals surface area (Å²) in [5, 5.41) is 17.8. The van der Waals surface area contributed by atoms with Crippen LogP contribution in [0.25, 0.3) is 0 Å². The Labute approximate surface area is 123 Å². The quantitative estimate of drug-likeness (QED) is 0.885. The third-order valence-corrected chi connectivity index (χ3v) is 3.84. The van der Waals surface area contributed by atoms with E-state index in [1.165, 1.54) is 0 Å². The van der Waals surface area contributed by atoms with Crippen LogP contribution in [0.2, 0.25) is 0 Å². The van der Waals surface area contributed by atoms with Gasteiger partial charge in [0.2, 0.25) is 5.82 Å². The normalized spacial score (nSPS) is 19.3. The average Bonchev–Trinajstić information content (AvgIpc) is 3.00. The minimum Gasteiger partial charge on any atom is -0.380 e. The molecular formula is C15H19N3O3. The summed E-state index contributed by atoms with van der Waals surface area (Å²) in [6.45, 7) is 1.47. The van der Waals surface area contributed by atoms with Crippen LogP contribution in [0.5, 0.6) is 0 Å². The largest absolute Gasteiger partial charge is 0.380 e. The Morgan fingerprint density at radius 2 is 2.00 bits per heavy atom. The molecule has 1 saturated heterocycles. The van der Waals surface area contributed by atoms with Crippen LogP contribution < -0.4 is 5.32 Å². The van der Waals surface area contributed by atoms with Crippen LogP contribution in [-0.2, 0) is 10.3 Å². The van der Waals surface area contributed by atoms with Gasteiger partial charge in [-0.15, -0.1) is 0 Å². The molecule has 0 amide bonds. The molecule has 1 aliphatic rings. The molecule has 112 valence electrons. The molecule has 1 aromatic heterocycles. The van der Waals surface area contributed by atoms with Crippen molar-refractivity contribution in [1.82, 2.24) is 15.5 Å². The molecular weight excluding hydrogens is 270 g/mol. The highest BCUT2D eigenvalue weighted by molar-refractivity contribution is 5.22. The first-order valence-corrected chi connectivity index (χ1v) is 7.08. The maximum atomic E-state index is 10.6. The molecule has 2 aromatic rings. The van der Waals surface area contributed by atoms with Gasteiger partial charge in [0, 0.05) is 7.11 Å². The molecule has 1 atom stereocenters. The molecule has 0 aliphatic carbocycles. The van der Waals surface area contributed by atoms with Gasteiger partial charge in [0.25, 0.3) is 5.89 Å². The average molecular weight is 289 g/mol. The fraction of sp³-hybridized carbons (Fsp3) is 0.467. The second kappa shape index (κ2) is 5.93. The number of nitrogens with zero attached hydrogens (tertiary/aromatic N) is 2. The van der Waals surface area contributed by atoms with Crippen molar-refractivity contribution in [2.45, 2.75) is 24.5 Å². The summed E-state index contributed by atoms with van der Waals surface area (Å²) in [5.74, 6) is 0.711. The van der Waals surface area contributed by atoms with Crippen molar-refractivity contribution in [3.63, 3.8) is 0 Å². The maximum Gasteiger partial charge on any atom is 0.258 e. The molecule has 0 spiro atoms. The van der Waals surface area contributed by atoms with Gasteiger partial charge in [0.05, 0.1) is 0 Å². The summed E-state index contributed by atoms with van der Waals surface area (Å²) in [4.78, 5) is 4.37. The molecule has 6 heteroatoms. The second-order valence-electron chi connectivity index (χ2n) is 5.27. The van der Waals surface area contributed by atoms with Crippen LogP contribution in [0, 0.1) is 0 Å². The number of aliphatic hydroxyl groups is 1. The molecule has 1 unspecified atom stereocenters. The first-order valence-electron chi connectivity index (χ1n) is 7.08. The van der Waals surface area contributed by atoms with Gasteiger partial charge in [-0.05, 0) is 31.5 Å². The molecule has 1 aromatic carbocycles. The van der Waals surface area contributed by atoms with Gasteiger partial charge in [0.15, 0.2) is 0 Å². The van der Waals surface area contributed by atoms with Crippen molar-refractivity contribution in [3.05, 3.63) is 47.6 Å². The number of nitrogens with one attached hydrogen (secondary N) is 1. The van der Waals surface area contributed by atoms with E-state index in [-0.39, 0.29) is 5.89 Å². The third kappa shape index (κ3) is 2.83. The van der Waals surface area contributed by atoms with Gasteiger partial charge in [0.1, 0.15) is 11.7 Å². The van der Waals surface area contributed by atoms with Crippen LogP contribution in [0.4, 0.5) is 0 Å². The highest BCUT2D eigenvalue weighted by Gasteiger charge is 2.37. The Hall–Kier alpha value is -1.76. The lowest BCUT2D eigenvalue weighted by molar-refractivity contribution is -0.0228. The van der Waals surface area contributed by atoms with E-state index in [2.05, 4.69) is 15.5 Å². The van der Waals surface area contributed by atoms with E-state index in [1.807, 2.05) is 30.3 Å². The summed E-state index contributed by atoms with van der Waals surface area (Å²) >= 11 is 0. The summed E-state index contributed by atoms with van der Waals surface area (Å²) in [6, 6.07) is 9.70. The van der Waals surface area contributed by atoms with Crippen molar-refractivity contribution >= 4 is 0 Å². The topological polar surface area (TPSA) is 80.4 Å². The molecule has 2 heterocycles. The van der Waals surface area contributed by atoms with Crippen molar-refractivity contribution < 1.29 is 14.4 Å². The highest BCUT2D eigenvalue weighted by atomic mass is 16.5. The zero-order valence-corrected chi connectivity index (χ0v) is 12.0. The van der Waals surface area contributed by atoms with E-state index >= 15 is 0 Å². The summed E-state index contributed by atoms with van der Waals surface area (Å²) in [6.07, 6.45) is 0.740. The van der Waals surface area contributed by atoms with Crippen molar-refractivity contribution in [3.8, 4) is 0 Å². The summed E-state index contributed by atoms with van der Waals surface area (Å²) in [5.41, 5.74) is -0.0875. The minimum absolute atomic E-state index is 0.275. The van der Waals surface area contributed by atoms with Crippen molar-refractivity contribution in [2.75, 3.05) is 20.2 Å². The maximum absolute atomic E-state index is 10.6. The van der Waals surface area contributed by atoms with Gasteiger partial charge >= 0.3 is 0 Å². The Kier molecular flexibility index (Phi) is 4.01. The fourth-order valence-electron chi connectivity index (χ4n) is 2.60. The van der Waals surface area contributed by atoms with E-state index < -0.39 is 11.7 Å². The fourth-order valence-corrected chi connectivity index (χ4v) is 2.60. The number of hydrogen-bond donors (Lipinski definition) is 2. The van der Waals surface area contributed by atoms with Gasteiger partial charge in [-0.25, -0.2) is 0 Å². The predicted molar refractivity (Wildman–Crippen MR) is 75.6 cm³/mol. The van der Waals surface area contributed by atoms with Crippen LogP contribution in [0.15, 0.2) is 34.9 Å². The first kappa shape index (κ1) is 14.2. The summed E-state index contributed by atoms with van der Waals surface area (Å²) in [7, 11) is 1.60. The molecule has 2 N–H and O–H groups in total. The molecule has 0 bridgehead atoms. The number of piperidine rings is 1. The van der Waals surface area contributed by atoms with Crippen LogP contribution >= 0.6 is 0 Å². The highest BCUT2D eigenvalue weighted by Crippen LogP contribution is 2.31. The third-order valence-electron chi connectivity index (χ3n) is 3.84. The molecule has 21 heavy (non-hydrogen) atoms. The lowest BCUT2D eigenvalue weighted by Gasteiger charge is -2.28. The van der Waals surface area contributed by atoms with E-state index in [0.29, 0.717) is 18.7 Å². The number of ether oxygens (including phenoxy) is 1. The molecule has 0 saturated carbocycles. The predicted octanol–water partition coefficient (Wildman–Crippen LogP) is 1.38. The number of aromatic nitrogens is 2. The Bertz CT molecular complexity index is 579. The van der Waals surface area contributed by atoms with Crippen molar-refractivity contribution in [2.24, 2.45) is 0 Å². The van der Waals surface area contributed by atoms with E-state index in [4.69, 9.17) is 9.26 Å². The molecule has 0 radical (unpaired) electrons. The SMILES string of the molecule is COC(c1ccccc1)c1noc(C2(O)CCNCC2)n1. The van der Waals surface area contributed by atoms with E-state index in [9.17, 15) is 5.11 Å².